The van der Waals surface area contributed by atoms with Crippen molar-refractivity contribution in [2.75, 3.05) is 32.8 Å². The molecule has 1 fully saturated rings. The number of allylic oxidation sites excluding steroid dienone is 2. The van der Waals surface area contributed by atoms with Crippen molar-refractivity contribution < 1.29 is 23.0 Å². The molecule has 5 nitrogen and oxygen atoms in total. The molecule has 37 heavy (non-hydrogen) atoms. The first-order valence-corrected chi connectivity index (χ1v) is 17.6. The van der Waals surface area contributed by atoms with E-state index in [1.54, 1.807) is 0 Å². The maximum Gasteiger partial charge on any atom is 0.472 e. The van der Waals surface area contributed by atoms with E-state index in [0.717, 1.165) is 56.3 Å². The van der Waals surface area contributed by atoms with E-state index in [9.17, 15) is 9.46 Å². The van der Waals surface area contributed by atoms with Gasteiger partial charge in [-0.05, 0) is 46.0 Å². The molecule has 220 valence electrons. The van der Waals surface area contributed by atoms with Crippen LogP contribution in [-0.4, -0.2) is 48.3 Å². The van der Waals surface area contributed by atoms with Gasteiger partial charge in [-0.25, -0.2) is 4.57 Å². The highest BCUT2D eigenvalue weighted by molar-refractivity contribution is 7.47. The first-order valence-electron chi connectivity index (χ1n) is 16.1. The van der Waals surface area contributed by atoms with Gasteiger partial charge in [-0.3, -0.25) is 9.05 Å². The summed E-state index contributed by atoms with van der Waals surface area (Å²) in [5, 5.41) is 0. The number of phosphoric ester groups is 1. The Morgan fingerprint density at radius 3 is 1.59 bits per heavy atom. The Kier molecular flexibility index (Phi) is 21.3. The summed E-state index contributed by atoms with van der Waals surface area (Å²) in [7, 11) is -3.93. The Morgan fingerprint density at radius 1 is 0.703 bits per heavy atom. The summed E-state index contributed by atoms with van der Waals surface area (Å²) in [4.78, 5) is 10.1. The molecule has 0 bridgehead atoms. The molecule has 1 N–H and O–H groups in total. The first kappa shape index (κ1) is 34.8. The number of hydrogen-bond donors (Lipinski definition) is 1. The summed E-state index contributed by atoms with van der Waals surface area (Å²) in [5.74, 6) is 0. The average molecular weight is 545 g/mol. The number of unbranched alkanes of at least 4 members (excludes halogenated alkanes) is 16. The van der Waals surface area contributed by atoms with Crippen LogP contribution in [0, 0.1) is 0 Å². The summed E-state index contributed by atoms with van der Waals surface area (Å²) < 4.78 is 24.1. The van der Waals surface area contributed by atoms with Gasteiger partial charge in [-0.1, -0.05) is 103 Å². The number of likely N-dealkylation sites (tertiary alicyclic amines) is 1. The highest BCUT2D eigenvalue weighted by Crippen LogP contribution is 2.46. The molecule has 1 rings (SSSR count). The van der Waals surface area contributed by atoms with E-state index in [4.69, 9.17) is 9.05 Å². The van der Waals surface area contributed by atoms with Gasteiger partial charge in [0.1, 0.15) is 0 Å². The van der Waals surface area contributed by atoms with Gasteiger partial charge >= 0.3 is 7.82 Å². The number of nitrogens with zero attached hydrogens (tertiary/aromatic N) is 1. The number of rotatable bonds is 25. The van der Waals surface area contributed by atoms with Crippen molar-refractivity contribution in [3.05, 3.63) is 12.2 Å². The molecular weight excluding hydrogens is 481 g/mol. The Balaban J connectivity index is 1.85. The molecule has 1 heterocycles. The predicted octanol–water partition coefficient (Wildman–Crippen LogP) is 9.74. The molecule has 1 atom stereocenters. The molecule has 6 heteroatoms. The van der Waals surface area contributed by atoms with E-state index in [-0.39, 0.29) is 6.10 Å². The van der Waals surface area contributed by atoms with Gasteiger partial charge in [0, 0.05) is 12.8 Å². The minimum absolute atomic E-state index is 0.147. The lowest BCUT2D eigenvalue weighted by atomic mass is 10.1. The van der Waals surface area contributed by atoms with Crippen LogP contribution in [0.15, 0.2) is 12.2 Å². The second-order valence-corrected chi connectivity index (χ2v) is 12.8. The fourth-order valence-corrected chi connectivity index (χ4v) is 6.52. The smallest absolute Gasteiger partial charge is 0.324 e. The maximum absolute atomic E-state index is 12.3. The fraction of sp³-hybridized carbons (Fsp3) is 0.935. The van der Waals surface area contributed by atoms with Crippen molar-refractivity contribution in [2.24, 2.45) is 0 Å². The second kappa shape index (κ2) is 22.6. The summed E-state index contributed by atoms with van der Waals surface area (Å²) in [5.41, 5.74) is 0. The molecule has 0 aromatic carbocycles. The van der Waals surface area contributed by atoms with Crippen LogP contribution in [0.3, 0.4) is 0 Å². The minimum atomic E-state index is -3.93. The fourth-order valence-electron chi connectivity index (χ4n) is 5.51. The summed E-state index contributed by atoms with van der Waals surface area (Å²) in [6.07, 6.45) is 29.6. The van der Waals surface area contributed by atoms with Crippen molar-refractivity contribution in [3.63, 3.8) is 0 Å². The molecule has 0 spiro atoms. The Bertz CT molecular complexity index is 584. The average Bonchev–Trinajstić information content (AvgIpc) is 2.90. The number of hydrogen-bond acceptors (Lipinski definition) is 3. The van der Waals surface area contributed by atoms with E-state index < -0.39 is 7.82 Å². The van der Waals surface area contributed by atoms with Crippen LogP contribution >= 0.6 is 7.82 Å². The molecule has 0 aromatic heterocycles. The molecule has 0 aromatic rings. The van der Waals surface area contributed by atoms with E-state index in [1.807, 2.05) is 0 Å². The van der Waals surface area contributed by atoms with Gasteiger partial charge in [0.2, 0.25) is 0 Å². The van der Waals surface area contributed by atoms with Crippen LogP contribution in [0.25, 0.3) is 0 Å². The van der Waals surface area contributed by atoms with Gasteiger partial charge in [0.05, 0.1) is 38.9 Å². The third-order valence-corrected chi connectivity index (χ3v) is 9.46. The van der Waals surface area contributed by atoms with Crippen molar-refractivity contribution in [1.29, 1.82) is 0 Å². The Hall–Kier alpha value is -0.190. The number of piperidine rings is 1. The molecule has 0 radical (unpaired) electrons. The zero-order valence-electron chi connectivity index (χ0n) is 25.0. The molecular formula is C31H63NO4P+. The number of quaternary nitrogens is 1. The van der Waals surface area contributed by atoms with E-state index in [0.29, 0.717) is 6.61 Å². The summed E-state index contributed by atoms with van der Waals surface area (Å²) in [6, 6.07) is 0. The van der Waals surface area contributed by atoms with Gasteiger partial charge in [0.25, 0.3) is 0 Å². The van der Waals surface area contributed by atoms with E-state index in [1.165, 1.54) is 103 Å². The summed E-state index contributed by atoms with van der Waals surface area (Å²) in [6.45, 7) is 11.3. The minimum Gasteiger partial charge on any atom is -0.324 e. The van der Waals surface area contributed by atoms with E-state index in [2.05, 4.69) is 32.9 Å². The molecule has 1 aliphatic rings. The lowest BCUT2D eigenvalue weighted by molar-refractivity contribution is -0.930. The zero-order valence-corrected chi connectivity index (χ0v) is 25.9. The van der Waals surface area contributed by atoms with Crippen LogP contribution in [0.5, 0.6) is 0 Å². The monoisotopic (exact) mass is 544 g/mol. The van der Waals surface area contributed by atoms with Crippen molar-refractivity contribution in [3.8, 4) is 0 Å². The summed E-state index contributed by atoms with van der Waals surface area (Å²) >= 11 is 0. The van der Waals surface area contributed by atoms with Crippen molar-refractivity contribution >= 4 is 7.82 Å². The van der Waals surface area contributed by atoms with Crippen molar-refractivity contribution in [1.82, 2.24) is 0 Å². The molecule has 0 amide bonds. The second-order valence-electron chi connectivity index (χ2n) is 11.4. The van der Waals surface area contributed by atoms with Gasteiger partial charge in [0.15, 0.2) is 0 Å². The van der Waals surface area contributed by atoms with Crippen LogP contribution < -0.4 is 0 Å². The Labute approximate surface area is 231 Å². The number of phosphoric acid groups is 1. The van der Waals surface area contributed by atoms with Crippen LogP contribution in [0.4, 0.5) is 0 Å². The molecule has 1 saturated heterocycles. The highest BCUT2D eigenvalue weighted by Gasteiger charge is 2.35. The van der Waals surface area contributed by atoms with Crippen LogP contribution in [0.1, 0.15) is 149 Å². The third-order valence-electron chi connectivity index (χ3n) is 8.39. The topological polar surface area (TPSA) is 55.8 Å². The zero-order chi connectivity index (χ0) is 27.1. The molecule has 1 aliphatic heterocycles. The SMILES string of the molecule is CCCCCCCCC=CCCCCCCCCCCCCOP(=O)(O)OC1CC[N+](CC)(CC)CC1. The highest BCUT2D eigenvalue weighted by atomic mass is 31.2. The van der Waals surface area contributed by atoms with Gasteiger partial charge in [-0.15, -0.1) is 0 Å². The van der Waals surface area contributed by atoms with Gasteiger partial charge < -0.3 is 9.38 Å². The Morgan fingerprint density at radius 2 is 1.14 bits per heavy atom. The lowest BCUT2D eigenvalue weighted by Gasteiger charge is -2.42. The molecule has 0 aliphatic carbocycles. The van der Waals surface area contributed by atoms with Crippen LogP contribution in [-0.2, 0) is 13.6 Å². The molecule has 0 saturated carbocycles. The standard InChI is InChI=1S/C31H62NO4P/c1-4-7-8-9-10-11-12-13-14-15-16-17-18-19-20-21-22-23-24-25-30-35-37(33,34)36-31-26-28-32(5-2,6-3)29-27-31/h13-14,31H,4-12,15-30H2,1-3H3/p+1. The first-order chi connectivity index (χ1) is 18.0. The predicted molar refractivity (Wildman–Crippen MR) is 159 cm³/mol. The normalized spacial score (nSPS) is 17.9. The maximum atomic E-state index is 12.3. The lowest BCUT2D eigenvalue weighted by Crippen LogP contribution is -2.53. The molecule has 1 unspecified atom stereocenters. The third kappa shape index (κ3) is 18.7. The van der Waals surface area contributed by atoms with E-state index >= 15 is 0 Å². The largest absolute Gasteiger partial charge is 0.472 e. The quantitative estimate of drug-likeness (QED) is 0.0538. The van der Waals surface area contributed by atoms with Crippen molar-refractivity contribution in [2.45, 2.75) is 155 Å². The van der Waals surface area contributed by atoms with Gasteiger partial charge in [-0.2, -0.15) is 0 Å². The van der Waals surface area contributed by atoms with Crippen LogP contribution in [0.2, 0.25) is 0 Å².